The monoisotopic (exact) mass is 221 g/mol. The molecule has 0 amide bonds. The Morgan fingerprint density at radius 1 is 1.38 bits per heavy atom. The van der Waals surface area contributed by atoms with Gasteiger partial charge < -0.3 is 10.6 Å². The normalized spacial score (nSPS) is 15.8. The smallest absolute Gasteiger partial charge is 0.269 e. The number of nitrogens with one attached hydrogen (secondary N) is 2. The highest BCUT2D eigenvalue weighted by atomic mass is 16.6. The van der Waals surface area contributed by atoms with Crippen molar-refractivity contribution in [2.45, 2.75) is 12.5 Å². The Morgan fingerprint density at radius 3 is 2.56 bits per heavy atom. The molecule has 1 saturated heterocycles. The molecule has 2 N–H and O–H groups in total. The van der Waals surface area contributed by atoms with E-state index in [1.54, 1.807) is 12.1 Å². The average molecular weight is 221 g/mol. The van der Waals surface area contributed by atoms with E-state index in [1.807, 2.05) is 12.1 Å². The van der Waals surface area contributed by atoms with Crippen molar-refractivity contribution in [2.75, 3.05) is 19.6 Å². The zero-order valence-corrected chi connectivity index (χ0v) is 8.98. The highest BCUT2D eigenvalue weighted by Crippen LogP contribution is 2.11. The van der Waals surface area contributed by atoms with Crippen molar-refractivity contribution in [2.24, 2.45) is 0 Å². The molecular formula is C11H15N3O2. The van der Waals surface area contributed by atoms with Gasteiger partial charge in [-0.25, -0.2) is 0 Å². The van der Waals surface area contributed by atoms with E-state index in [0.717, 1.165) is 31.6 Å². The molecule has 1 aliphatic rings. The van der Waals surface area contributed by atoms with E-state index in [0.29, 0.717) is 6.04 Å². The summed E-state index contributed by atoms with van der Waals surface area (Å²) >= 11 is 0. The van der Waals surface area contributed by atoms with Gasteiger partial charge in [0.2, 0.25) is 0 Å². The van der Waals surface area contributed by atoms with Gasteiger partial charge in [0.1, 0.15) is 0 Å². The van der Waals surface area contributed by atoms with E-state index >= 15 is 0 Å². The first-order valence-corrected chi connectivity index (χ1v) is 5.43. The fraction of sp³-hybridized carbons (Fsp3) is 0.455. The summed E-state index contributed by atoms with van der Waals surface area (Å²) in [6.07, 6.45) is 0.911. The van der Waals surface area contributed by atoms with E-state index in [2.05, 4.69) is 10.6 Å². The van der Waals surface area contributed by atoms with Gasteiger partial charge in [0.05, 0.1) is 4.92 Å². The van der Waals surface area contributed by atoms with Crippen LogP contribution >= 0.6 is 0 Å². The van der Waals surface area contributed by atoms with Crippen LogP contribution in [0, 0.1) is 10.1 Å². The molecule has 1 aliphatic heterocycles. The summed E-state index contributed by atoms with van der Waals surface area (Å²) in [5, 5.41) is 17.0. The summed E-state index contributed by atoms with van der Waals surface area (Å²) in [5.41, 5.74) is 1.28. The van der Waals surface area contributed by atoms with Crippen LogP contribution in [-0.2, 0) is 6.42 Å². The minimum absolute atomic E-state index is 0.153. The van der Waals surface area contributed by atoms with Crippen molar-refractivity contribution in [1.82, 2.24) is 10.6 Å². The summed E-state index contributed by atoms with van der Waals surface area (Å²) in [6.45, 7) is 3.00. The molecule has 0 bridgehead atoms. The number of nitro groups is 1. The Bertz CT molecular complexity index is 360. The summed E-state index contributed by atoms with van der Waals surface area (Å²) in [5.74, 6) is 0. The van der Waals surface area contributed by atoms with E-state index in [4.69, 9.17) is 0 Å². The van der Waals surface area contributed by atoms with Gasteiger partial charge in [-0.1, -0.05) is 12.1 Å². The summed E-state index contributed by atoms with van der Waals surface area (Å²) in [4.78, 5) is 10.1. The Kier molecular flexibility index (Phi) is 3.48. The number of nitrogens with zero attached hydrogens (tertiary/aromatic N) is 1. The van der Waals surface area contributed by atoms with Gasteiger partial charge in [-0.15, -0.1) is 0 Å². The second kappa shape index (κ2) is 5.05. The minimum Gasteiger partial charge on any atom is -0.314 e. The lowest BCUT2D eigenvalue weighted by Crippen LogP contribution is -2.55. The molecule has 86 valence electrons. The summed E-state index contributed by atoms with van der Waals surface area (Å²) in [6, 6.07) is 7.34. The fourth-order valence-corrected chi connectivity index (χ4v) is 1.64. The maximum Gasteiger partial charge on any atom is 0.269 e. The molecule has 16 heavy (non-hydrogen) atoms. The van der Waals surface area contributed by atoms with Gasteiger partial charge in [0.25, 0.3) is 5.69 Å². The number of non-ortho nitro benzene ring substituents is 1. The molecule has 0 unspecified atom stereocenters. The Balaban J connectivity index is 1.78. The first-order chi connectivity index (χ1) is 7.75. The van der Waals surface area contributed by atoms with E-state index in [1.165, 1.54) is 0 Å². The van der Waals surface area contributed by atoms with Crippen LogP contribution in [0.4, 0.5) is 5.69 Å². The predicted molar refractivity (Wildman–Crippen MR) is 61.5 cm³/mol. The van der Waals surface area contributed by atoms with Crippen LogP contribution in [0.15, 0.2) is 24.3 Å². The first kappa shape index (κ1) is 11.0. The molecule has 0 aromatic heterocycles. The van der Waals surface area contributed by atoms with Crippen LogP contribution in [0.3, 0.4) is 0 Å². The van der Waals surface area contributed by atoms with Crippen molar-refractivity contribution >= 4 is 5.69 Å². The third-order valence-corrected chi connectivity index (χ3v) is 2.78. The molecular weight excluding hydrogens is 206 g/mol. The lowest BCUT2D eigenvalue weighted by Gasteiger charge is -2.28. The largest absolute Gasteiger partial charge is 0.314 e. The number of nitro benzene ring substituents is 1. The molecule has 1 aromatic carbocycles. The van der Waals surface area contributed by atoms with Gasteiger partial charge in [0.15, 0.2) is 0 Å². The van der Waals surface area contributed by atoms with Crippen LogP contribution in [-0.4, -0.2) is 30.6 Å². The predicted octanol–water partition coefficient (Wildman–Crippen LogP) is 0.699. The highest BCUT2D eigenvalue weighted by Gasteiger charge is 2.14. The zero-order valence-electron chi connectivity index (χ0n) is 8.98. The Morgan fingerprint density at radius 2 is 2.06 bits per heavy atom. The van der Waals surface area contributed by atoms with Crippen molar-refractivity contribution in [3.63, 3.8) is 0 Å². The Labute approximate surface area is 94.0 Å². The summed E-state index contributed by atoms with van der Waals surface area (Å²) in [7, 11) is 0. The van der Waals surface area contributed by atoms with Crippen LogP contribution in [0.2, 0.25) is 0 Å². The molecule has 0 aliphatic carbocycles. The molecule has 1 fully saturated rings. The number of hydrogen-bond donors (Lipinski definition) is 2. The molecule has 2 rings (SSSR count). The van der Waals surface area contributed by atoms with Gasteiger partial charge >= 0.3 is 0 Å². The summed E-state index contributed by atoms with van der Waals surface area (Å²) < 4.78 is 0. The van der Waals surface area contributed by atoms with Crippen LogP contribution in [0.25, 0.3) is 0 Å². The van der Waals surface area contributed by atoms with Gasteiger partial charge in [-0.2, -0.15) is 0 Å². The third kappa shape index (κ3) is 2.77. The lowest BCUT2D eigenvalue weighted by atomic mass is 10.1. The molecule has 1 heterocycles. The van der Waals surface area contributed by atoms with Gasteiger partial charge in [0, 0.05) is 31.3 Å². The molecule has 5 heteroatoms. The fourth-order valence-electron chi connectivity index (χ4n) is 1.64. The molecule has 0 atom stereocenters. The topological polar surface area (TPSA) is 67.2 Å². The Hall–Kier alpha value is -1.46. The first-order valence-electron chi connectivity index (χ1n) is 5.43. The van der Waals surface area contributed by atoms with E-state index in [9.17, 15) is 10.1 Å². The minimum atomic E-state index is -0.373. The molecule has 1 aromatic rings. The zero-order chi connectivity index (χ0) is 11.4. The number of hydrogen-bond acceptors (Lipinski definition) is 4. The average Bonchev–Trinajstić information content (AvgIpc) is 2.22. The van der Waals surface area contributed by atoms with E-state index < -0.39 is 0 Å². The van der Waals surface area contributed by atoms with Crippen LogP contribution in [0.5, 0.6) is 0 Å². The van der Waals surface area contributed by atoms with Gasteiger partial charge in [-0.05, 0) is 18.5 Å². The second-order valence-electron chi connectivity index (χ2n) is 3.98. The van der Waals surface area contributed by atoms with Crippen molar-refractivity contribution in [1.29, 1.82) is 0 Å². The molecule has 0 saturated carbocycles. The third-order valence-electron chi connectivity index (χ3n) is 2.78. The molecule has 0 spiro atoms. The quantitative estimate of drug-likeness (QED) is 0.567. The molecule has 0 radical (unpaired) electrons. The number of rotatable bonds is 5. The maximum absolute atomic E-state index is 10.4. The number of benzene rings is 1. The second-order valence-corrected chi connectivity index (χ2v) is 3.98. The molecule has 5 nitrogen and oxygen atoms in total. The van der Waals surface area contributed by atoms with Crippen LogP contribution in [0.1, 0.15) is 5.56 Å². The highest BCUT2D eigenvalue weighted by molar-refractivity contribution is 5.32. The van der Waals surface area contributed by atoms with Crippen molar-refractivity contribution in [3.8, 4) is 0 Å². The van der Waals surface area contributed by atoms with Gasteiger partial charge in [-0.3, -0.25) is 10.1 Å². The van der Waals surface area contributed by atoms with Crippen LogP contribution < -0.4 is 10.6 Å². The SMILES string of the molecule is O=[N+]([O-])c1ccc(CCNC2CNC2)cc1. The van der Waals surface area contributed by atoms with Crippen molar-refractivity contribution in [3.05, 3.63) is 39.9 Å². The van der Waals surface area contributed by atoms with E-state index in [-0.39, 0.29) is 10.6 Å². The van der Waals surface area contributed by atoms with Crippen molar-refractivity contribution < 1.29 is 4.92 Å². The maximum atomic E-state index is 10.4. The lowest BCUT2D eigenvalue weighted by molar-refractivity contribution is -0.384. The standard InChI is InChI=1S/C11H15N3O2/c15-14(16)11-3-1-9(2-4-11)5-6-13-10-7-12-8-10/h1-4,10,12-13H,5-8H2.